The van der Waals surface area contributed by atoms with Crippen LogP contribution in [0.15, 0.2) is 77.8 Å². The van der Waals surface area contributed by atoms with Gasteiger partial charge in [-0.15, -0.1) is 0 Å². The number of aryl methyl sites for hydroxylation is 1. The number of aliphatic hydroxyl groups is 1. The Labute approximate surface area is 245 Å². The Morgan fingerprint density at radius 3 is 2.64 bits per heavy atom. The number of fused-ring (bicyclic) bond motifs is 5. The first-order chi connectivity index (χ1) is 20.2. The van der Waals surface area contributed by atoms with Crippen LogP contribution in [0, 0.1) is 12.0 Å². The van der Waals surface area contributed by atoms with E-state index in [1.165, 1.54) is 18.2 Å². The molecule has 10 heteroatoms. The summed E-state index contributed by atoms with van der Waals surface area (Å²) >= 11 is 0. The molecular weight excluding hydrogens is 554 g/mol. The van der Waals surface area contributed by atoms with Crippen molar-refractivity contribution in [2.24, 2.45) is 4.99 Å². The van der Waals surface area contributed by atoms with Gasteiger partial charge < -0.3 is 25.6 Å². The van der Waals surface area contributed by atoms with E-state index >= 15 is 0 Å². The Kier molecular flexibility index (Phi) is 9.12. The van der Waals surface area contributed by atoms with E-state index in [0.29, 0.717) is 37.3 Å². The van der Waals surface area contributed by atoms with Crippen LogP contribution in [0.3, 0.4) is 0 Å². The van der Waals surface area contributed by atoms with E-state index in [4.69, 9.17) is 4.74 Å². The van der Waals surface area contributed by atoms with Gasteiger partial charge in [0.25, 0.3) is 10.1 Å². The van der Waals surface area contributed by atoms with Gasteiger partial charge in [0.1, 0.15) is 11.5 Å². The van der Waals surface area contributed by atoms with Gasteiger partial charge in [0.2, 0.25) is 5.96 Å². The summed E-state index contributed by atoms with van der Waals surface area (Å²) in [7, 11) is -4.34. The predicted octanol–water partition coefficient (Wildman–Crippen LogP) is 3.75. The summed E-state index contributed by atoms with van der Waals surface area (Å²) in [6.07, 6.45) is 3.72. The molecule has 0 saturated heterocycles. The van der Waals surface area contributed by atoms with Gasteiger partial charge in [-0.25, -0.2) is 0 Å². The van der Waals surface area contributed by atoms with Crippen LogP contribution in [0.4, 0.5) is 0 Å². The van der Waals surface area contributed by atoms with E-state index in [1.54, 1.807) is 18.2 Å². The second-order valence-electron chi connectivity index (χ2n) is 10.4. The highest BCUT2D eigenvalue weighted by Gasteiger charge is 2.23. The first kappa shape index (κ1) is 29.2. The number of hydrogen-bond acceptors (Lipinski definition) is 8. The van der Waals surface area contributed by atoms with E-state index in [2.05, 4.69) is 39.7 Å². The standard InChI is InChI=1S/C32H33N3O6S/c36-28-12-10-25(11-13-28)30(37)8-2-7-29(42(38,39)40)14-9-23-17-26-6-3-15-33-32-34-20-24-5-1-4-22(16-24)18-27(19-23)31(26)41-21-35-32/h1-2,4-5,8,10-13,16-17,19,29-30,36-37H,6-7,9,14,18,20-21H2,(H2,33,34,35)(H,38,39,40). The molecule has 218 valence electrons. The minimum absolute atomic E-state index is 0.0349. The number of guanidine groups is 1. The second-order valence-corrected chi connectivity index (χ2v) is 12.1. The maximum atomic E-state index is 12.3. The van der Waals surface area contributed by atoms with Crippen molar-refractivity contribution in [3.63, 3.8) is 0 Å². The Bertz CT molecular complexity index is 1660. The van der Waals surface area contributed by atoms with Gasteiger partial charge in [0.15, 0.2) is 6.73 Å². The van der Waals surface area contributed by atoms with E-state index in [-0.39, 0.29) is 25.3 Å². The molecule has 5 rings (SSSR count). The maximum Gasteiger partial charge on any atom is 0.268 e. The van der Waals surface area contributed by atoms with Crippen molar-refractivity contribution in [1.29, 1.82) is 0 Å². The zero-order chi connectivity index (χ0) is 29.5. The molecule has 2 aliphatic rings. The van der Waals surface area contributed by atoms with Crippen molar-refractivity contribution in [3.8, 4) is 23.5 Å². The molecule has 3 aromatic rings. The molecule has 0 spiro atoms. The van der Waals surface area contributed by atoms with Gasteiger partial charge >= 0.3 is 0 Å². The third-order valence-corrected chi connectivity index (χ3v) is 8.53. The van der Waals surface area contributed by atoms with Gasteiger partial charge in [0, 0.05) is 31.0 Å². The summed E-state index contributed by atoms with van der Waals surface area (Å²) in [4.78, 5) is 4.31. The predicted molar refractivity (Wildman–Crippen MR) is 161 cm³/mol. The summed E-state index contributed by atoms with van der Waals surface area (Å²) in [5, 5.41) is 25.2. The number of nitrogens with one attached hydrogen (secondary N) is 2. The zero-order valence-corrected chi connectivity index (χ0v) is 23.8. The van der Waals surface area contributed by atoms with Gasteiger partial charge in [0.05, 0.1) is 11.4 Å². The van der Waals surface area contributed by atoms with Gasteiger partial charge in [-0.3, -0.25) is 4.55 Å². The third kappa shape index (κ3) is 7.70. The van der Waals surface area contributed by atoms with Gasteiger partial charge in [-0.05, 0) is 59.2 Å². The number of hydrogen-bond donors (Lipinski definition) is 5. The molecule has 3 aromatic carbocycles. The average molecular weight is 588 g/mol. The van der Waals surface area contributed by atoms with E-state index in [9.17, 15) is 23.2 Å². The van der Waals surface area contributed by atoms with E-state index in [0.717, 1.165) is 33.6 Å². The van der Waals surface area contributed by atoms with Crippen molar-refractivity contribution in [2.45, 2.75) is 50.0 Å². The normalized spacial score (nSPS) is 16.0. The van der Waals surface area contributed by atoms with Crippen LogP contribution >= 0.6 is 0 Å². The molecule has 2 unspecified atom stereocenters. The lowest BCUT2D eigenvalue weighted by atomic mass is 9.94. The number of rotatable bonds is 8. The van der Waals surface area contributed by atoms with Crippen molar-refractivity contribution in [3.05, 3.63) is 106 Å². The molecule has 0 amide bonds. The number of benzene rings is 3. The Hall–Kier alpha value is -4.30. The third-order valence-electron chi connectivity index (χ3n) is 7.26. The Balaban J connectivity index is 1.38. The Morgan fingerprint density at radius 2 is 1.83 bits per heavy atom. The number of aliphatic imine (C=N–C) groups is 1. The number of nitrogens with zero attached hydrogens (tertiary/aromatic N) is 1. The van der Waals surface area contributed by atoms with Crippen LogP contribution < -0.4 is 15.4 Å². The lowest BCUT2D eigenvalue weighted by Crippen LogP contribution is -2.39. The lowest BCUT2D eigenvalue weighted by Gasteiger charge is -2.21. The maximum absolute atomic E-state index is 12.3. The molecule has 5 N–H and O–H groups in total. The number of allylic oxidation sites excluding steroid dienone is 1. The zero-order valence-electron chi connectivity index (χ0n) is 23.0. The minimum atomic E-state index is -4.34. The molecule has 0 fully saturated rings. The van der Waals surface area contributed by atoms with Crippen LogP contribution in [0.1, 0.15) is 52.3 Å². The lowest BCUT2D eigenvalue weighted by molar-refractivity contribution is 0.228. The first-order valence-electron chi connectivity index (χ1n) is 13.7. The van der Waals surface area contributed by atoms with Crippen molar-refractivity contribution in [1.82, 2.24) is 10.6 Å². The summed E-state index contributed by atoms with van der Waals surface area (Å²) in [6.45, 7) is 0.783. The number of phenolic OH excluding ortho intramolecular Hbond substituents is 1. The highest BCUT2D eigenvalue weighted by Crippen LogP contribution is 2.31. The highest BCUT2D eigenvalue weighted by molar-refractivity contribution is 7.86. The van der Waals surface area contributed by atoms with Crippen molar-refractivity contribution < 1.29 is 27.9 Å². The molecule has 9 nitrogen and oxygen atoms in total. The van der Waals surface area contributed by atoms with Crippen LogP contribution in [0.5, 0.6) is 11.5 Å². The molecule has 4 bridgehead atoms. The van der Waals surface area contributed by atoms with Gasteiger partial charge in [-0.2, -0.15) is 13.4 Å². The molecule has 2 aliphatic heterocycles. The van der Waals surface area contributed by atoms with Crippen LogP contribution in [-0.4, -0.2) is 41.1 Å². The summed E-state index contributed by atoms with van der Waals surface area (Å²) < 4.78 is 40.7. The van der Waals surface area contributed by atoms with Crippen molar-refractivity contribution in [2.75, 3.05) is 6.73 Å². The number of aliphatic hydroxyl groups excluding tert-OH is 1. The van der Waals surface area contributed by atoms with Crippen LogP contribution in [0.2, 0.25) is 0 Å². The molecule has 2 atom stereocenters. The topological polar surface area (TPSA) is 140 Å². The molecule has 2 heterocycles. The largest absolute Gasteiger partial charge is 0.508 e. The number of phenols is 1. The molecule has 42 heavy (non-hydrogen) atoms. The fourth-order valence-electron chi connectivity index (χ4n) is 5.08. The second kappa shape index (κ2) is 13.1. The number of ether oxygens (including phenoxy) is 1. The van der Waals surface area contributed by atoms with E-state index in [1.807, 2.05) is 24.3 Å². The fourth-order valence-corrected chi connectivity index (χ4v) is 5.85. The van der Waals surface area contributed by atoms with Gasteiger partial charge in [-0.1, -0.05) is 66.6 Å². The fraction of sp³-hybridized carbons (Fsp3) is 0.281. The monoisotopic (exact) mass is 587 g/mol. The van der Waals surface area contributed by atoms with E-state index < -0.39 is 21.5 Å². The molecule has 0 radical (unpaired) electrons. The minimum Gasteiger partial charge on any atom is -0.508 e. The molecule has 0 saturated carbocycles. The number of aromatic hydroxyl groups is 1. The molecule has 0 aliphatic carbocycles. The first-order valence-corrected chi connectivity index (χ1v) is 15.2. The van der Waals surface area contributed by atoms with Crippen molar-refractivity contribution >= 4 is 16.1 Å². The summed E-state index contributed by atoms with van der Waals surface area (Å²) in [6, 6.07) is 21.2. The quantitative estimate of drug-likeness (QED) is 0.153. The molecular formula is C32H33N3O6S. The Morgan fingerprint density at radius 1 is 1.05 bits per heavy atom. The highest BCUT2D eigenvalue weighted by atomic mass is 32.2. The SMILES string of the molecule is O=S(=O)(O)C(CC=CC(O)c1ccc(O)cc1)CCc1cc2c3c(c1)Cc1cccc(c1)CNC(=NC#CC2)NCO3. The molecule has 0 aromatic heterocycles. The van der Waals surface area contributed by atoms with Crippen LogP contribution in [-0.2, 0) is 35.9 Å². The smallest absolute Gasteiger partial charge is 0.268 e. The average Bonchev–Trinajstić information content (AvgIpc) is 2.96. The van der Waals surface area contributed by atoms with Crippen LogP contribution in [0.25, 0.3) is 0 Å². The summed E-state index contributed by atoms with van der Waals surface area (Å²) in [5.41, 5.74) is 5.54. The summed E-state index contributed by atoms with van der Waals surface area (Å²) in [5.74, 6) is 4.45.